The fourth-order valence-electron chi connectivity index (χ4n) is 2.84. The maximum atomic E-state index is 12.4. The molecule has 3 nitrogen and oxygen atoms in total. The highest BCUT2D eigenvalue weighted by Gasteiger charge is 2.24. The van der Waals surface area contributed by atoms with Gasteiger partial charge in [0.1, 0.15) is 0 Å². The highest BCUT2D eigenvalue weighted by atomic mass is 16.5. The summed E-state index contributed by atoms with van der Waals surface area (Å²) < 4.78 is 5.74. The van der Waals surface area contributed by atoms with Gasteiger partial charge in [-0.2, -0.15) is 0 Å². The number of Topliss-reactive ketones (excluding diaryl/α,β-unsaturated/α-hetero) is 1. The molecule has 0 spiro atoms. The number of aliphatic hydroxyl groups is 1. The summed E-state index contributed by atoms with van der Waals surface area (Å²) in [6.07, 6.45) is 10.4. The quantitative estimate of drug-likeness (QED) is 0.495. The van der Waals surface area contributed by atoms with E-state index in [-0.39, 0.29) is 5.78 Å². The van der Waals surface area contributed by atoms with Crippen LogP contribution in [-0.4, -0.2) is 23.6 Å². The van der Waals surface area contributed by atoms with Crippen LogP contribution in [0.25, 0.3) is 0 Å². The Labute approximate surface area is 145 Å². The van der Waals surface area contributed by atoms with Crippen molar-refractivity contribution in [3.8, 4) is 0 Å². The molecule has 24 heavy (non-hydrogen) atoms. The van der Waals surface area contributed by atoms with E-state index in [2.05, 4.69) is 6.92 Å². The van der Waals surface area contributed by atoms with Crippen LogP contribution in [0.1, 0.15) is 62.2 Å². The van der Waals surface area contributed by atoms with E-state index in [0.717, 1.165) is 12.2 Å². The highest BCUT2D eigenvalue weighted by Crippen LogP contribution is 2.23. The number of hydrogen-bond donors (Lipinski definition) is 1. The molecule has 0 fully saturated rings. The number of unbranched alkanes of at least 4 members (excludes halogenated alkanes) is 5. The zero-order chi connectivity index (χ0) is 17.2. The first kappa shape index (κ1) is 18.5. The lowest BCUT2D eigenvalue weighted by Gasteiger charge is -2.20. The number of carbonyl (C=O) groups is 1. The van der Waals surface area contributed by atoms with E-state index >= 15 is 0 Å². The van der Waals surface area contributed by atoms with Crippen LogP contribution in [-0.2, 0) is 4.74 Å². The molecule has 0 saturated carbocycles. The Kier molecular flexibility index (Phi) is 7.76. The molecule has 0 saturated heterocycles. The minimum atomic E-state index is -0.790. The first-order chi connectivity index (χ1) is 11.7. The number of ketones is 1. The van der Waals surface area contributed by atoms with Gasteiger partial charge in [0.15, 0.2) is 5.78 Å². The van der Waals surface area contributed by atoms with Gasteiger partial charge in [-0.3, -0.25) is 4.79 Å². The third-order valence-corrected chi connectivity index (χ3v) is 4.29. The molecule has 2 rings (SSSR count). The number of allylic oxidation sites excluding steroid dienone is 2. The molecule has 0 aliphatic heterocycles. The maximum Gasteiger partial charge on any atom is 0.191 e. The van der Waals surface area contributed by atoms with Crippen molar-refractivity contribution < 1.29 is 14.6 Å². The van der Waals surface area contributed by atoms with Crippen LogP contribution in [0.15, 0.2) is 53.8 Å². The van der Waals surface area contributed by atoms with Crippen LogP contribution >= 0.6 is 0 Å². The number of aliphatic hydroxyl groups excluding tert-OH is 1. The summed E-state index contributed by atoms with van der Waals surface area (Å²) in [5.74, 6) is 0.648. The molecule has 1 N–H and O–H groups in total. The van der Waals surface area contributed by atoms with E-state index in [1.165, 1.54) is 32.1 Å². The number of ether oxygens (including phenoxy) is 1. The fraction of sp³-hybridized carbons (Fsp3) is 0.476. The molecule has 1 aromatic rings. The highest BCUT2D eigenvalue weighted by molar-refractivity contribution is 6.09. The van der Waals surface area contributed by atoms with Gasteiger partial charge in [-0.1, -0.05) is 69.4 Å². The smallest absolute Gasteiger partial charge is 0.191 e. The van der Waals surface area contributed by atoms with Crippen molar-refractivity contribution in [3.63, 3.8) is 0 Å². The molecule has 0 aromatic heterocycles. The van der Waals surface area contributed by atoms with E-state index in [9.17, 15) is 9.90 Å². The second kappa shape index (κ2) is 10.1. The van der Waals surface area contributed by atoms with Crippen molar-refractivity contribution in [2.75, 3.05) is 6.61 Å². The topological polar surface area (TPSA) is 46.5 Å². The minimum absolute atomic E-state index is 0.116. The van der Waals surface area contributed by atoms with Gasteiger partial charge in [0.2, 0.25) is 0 Å². The van der Waals surface area contributed by atoms with E-state index in [0.29, 0.717) is 24.2 Å². The largest absolute Gasteiger partial charge is 0.498 e. The maximum absolute atomic E-state index is 12.4. The molecule has 0 radical (unpaired) electrons. The molecule has 1 aliphatic carbocycles. The average molecular weight is 328 g/mol. The van der Waals surface area contributed by atoms with Crippen LogP contribution in [0.5, 0.6) is 0 Å². The molecular weight excluding hydrogens is 300 g/mol. The van der Waals surface area contributed by atoms with Crippen molar-refractivity contribution >= 4 is 5.78 Å². The second-order valence-electron chi connectivity index (χ2n) is 6.29. The predicted molar refractivity (Wildman–Crippen MR) is 96.9 cm³/mol. The summed E-state index contributed by atoms with van der Waals surface area (Å²) in [5.41, 5.74) is 1.04. The Morgan fingerprint density at radius 1 is 1.08 bits per heavy atom. The molecule has 0 bridgehead atoms. The predicted octanol–water partition coefficient (Wildman–Crippen LogP) is 4.82. The summed E-state index contributed by atoms with van der Waals surface area (Å²) in [7, 11) is 0. The molecule has 0 amide bonds. The lowest BCUT2D eigenvalue weighted by atomic mass is 9.93. The van der Waals surface area contributed by atoms with Gasteiger partial charge in [-0.05, 0) is 18.6 Å². The normalized spacial score (nSPS) is 17.2. The van der Waals surface area contributed by atoms with Crippen LogP contribution in [0.2, 0.25) is 0 Å². The lowest BCUT2D eigenvalue weighted by molar-refractivity contribution is 0.0964. The number of carbonyl (C=O) groups excluding carboxylic acids is 1. The zero-order valence-electron chi connectivity index (χ0n) is 14.5. The van der Waals surface area contributed by atoms with Gasteiger partial charge in [0, 0.05) is 17.6 Å². The van der Waals surface area contributed by atoms with E-state index in [1.54, 1.807) is 18.2 Å². The first-order valence-electron chi connectivity index (χ1n) is 9.03. The summed E-state index contributed by atoms with van der Waals surface area (Å²) in [6, 6.07) is 9.06. The van der Waals surface area contributed by atoms with Gasteiger partial charge < -0.3 is 9.84 Å². The van der Waals surface area contributed by atoms with Crippen LogP contribution in [0, 0.1) is 0 Å². The molecule has 1 unspecified atom stereocenters. The van der Waals surface area contributed by atoms with Gasteiger partial charge in [0.25, 0.3) is 0 Å². The van der Waals surface area contributed by atoms with Crippen LogP contribution < -0.4 is 0 Å². The fourth-order valence-corrected chi connectivity index (χ4v) is 2.84. The third-order valence-electron chi connectivity index (χ3n) is 4.29. The minimum Gasteiger partial charge on any atom is -0.498 e. The van der Waals surface area contributed by atoms with E-state index in [4.69, 9.17) is 4.74 Å². The summed E-state index contributed by atoms with van der Waals surface area (Å²) in [5, 5.41) is 10.3. The van der Waals surface area contributed by atoms with Crippen molar-refractivity contribution in [1.29, 1.82) is 0 Å². The van der Waals surface area contributed by atoms with Gasteiger partial charge in [-0.25, -0.2) is 0 Å². The summed E-state index contributed by atoms with van der Waals surface area (Å²) in [4.78, 5) is 12.4. The molecule has 0 heterocycles. The van der Waals surface area contributed by atoms with Gasteiger partial charge in [-0.15, -0.1) is 0 Å². The Morgan fingerprint density at radius 2 is 1.79 bits per heavy atom. The molecule has 3 heteroatoms. The molecular formula is C21H28O3. The second-order valence-corrected chi connectivity index (χ2v) is 6.29. The Morgan fingerprint density at radius 3 is 2.50 bits per heavy atom. The number of benzene rings is 1. The van der Waals surface area contributed by atoms with Crippen molar-refractivity contribution in [2.45, 2.75) is 58.0 Å². The van der Waals surface area contributed by atoms with Crippen molar-refractivity contribution in [3.05, 3.63) is 59.4 Å². The third kappa shape index (κ3) is 5.64. The zero-order valence-corrected chi connectivity index (χ0v) is 14.5. The van der Waals surface area contributed by atoms with E-state index < -0.39 is 6.10 Å². The standard InChI is InChI=1S/C21H28O3/c1-2-3-4-5-6-10-15-24-18-13-14-19(20(22)16-18)21(23)17-11-8-7-9-12-17/h7-9,11-14,20,22H,2-6,10,15-16H2,1H3. The van der Waals surface area contributed by atoms with Gasteiger partial charge >= 0.3 is 0 Å². The SMILES string of the molecule is CCCCCCCCOC1=CC=C(C(=O)c2ccccc2)C(O)C1. The first-order valence-corrected chi connectivity index (χ1v) is 9.03. The Hall–Kier alpha value is -1.87. The lowest BCUT2D eigenvalue weighted by Crippen LogP contribution is -2.22. The Bertz CT molecular complexity index is 572. The molecule has 1 atom stereocenters. The molecule has 1 aliphatic rings. The number of hydrogen-bond acceptors (Lipinski definition) is 3. The Balaban J connectivity index is 1.80. The summed E-state index contributed by atoms with van der Waals surface area (Å²) in [6.45, 7) is 2.90. The monoisotopic (exact) mass is 328 g/mol. The van der Waals surface area contributed by atoms with Gasteiger partial charge in [0.05, 0.1) is 18.5 Å². The van der Waals surface area contributed by atoms with Crippen molar-refractivity contribution in [1.82, 2.24) is 0 Å². The average Bonchev–Trinajstić information content (AvgIpc) is 2.61. The van der Waals surface area contributed by atoms with Crippen LogP contribution in [0.4, 0.5) is 0 Å². The van der Waals surface area contributed by atoms with E-state index in [1.807, 2.05) is 24.3 Å². The summed E-state index contributed by atoms with van der Waals surface area (Å²) >= 11 is 0. The number of rotatable bonds is 10. The van der Waals surface area contributed by atoms with Crippen molar-refractivity contribution in [2.24, 2.45) is 0 Å². The van der Waals surface area contributed by atoms with Crippen LogP contribution in [0.3, 0.4) is 0 Å². The molecule has 1 aromatic carbocycles. The molecule has 130 valence electrons.